The van der Waals surface area contributed by atoms with Gasteiger partial charge in [0.15, 0.2) is 0 Å². The lowest BCUT2D eigenvalue weighted by atomic mass is 10.0. The predicted molar refractivity (Wildman–Crippen MR) is 214 cm³/mol. The van der Waals surface area contributed by atoms with Gasteiger partial charge in [-0.2, -0.15) is 0 Å². The van der Waals surface area contributed by atoms with Crippen LogP contribution in [0.2, 0.25) is 0 Å². The minimum atomic E-state index is -1.26. The van der Waals surface area contributed by atoms with Crippen molar-refractivity contribution in [1.29, 1.82) is 0 Å². The molecule has 2 heterocycles. The van der Waals surface area contributed by atoms with Crippen molar-refractivity contribution in [3.8, 4) is 5.75 Å². The molecule has 6 atom stereocenters. The van der Waals surface area contributed by atoms with Gasteiger partial charge in [0.05, 0.1) is 6.54 Å². The SMILES string of the molecule is CC(C)C[C@@H]1NC(=O)[C@H](CCCCN)NC(=O)[C@H](Cc2ccc(O)cc2)NC(=O)[C@H](Cc2ccccc2)NC(=O)[C@@H]2CSSC[C@H](NC(=O)CNC1=O)C(=O)N2. The first-order valence-electron chi connectivity index (χ1n) is 18.7. The Morgan fingerprint density at radius 1 is 0.625 bits per heavy atom. The van der Waals surface area contributed by atoms with Gasteiger partial charge in [0, 0.05) is 24.3 Å². The summed E-state index contributed by atoms with van der Waals surface area (Å²) in [6.45, 7) is 3.59. The lowest BCUT2D eigenvalue weighted by Gasteiger charge is -2.28. The molecule has 56 heavy (non-hydrogen) atoms. The zero-order valence-corrected chi connectivity index (χ0v) is 33.1. The normalized spacial score (nSPS) is 24.9. The fraction of sp³-hybridized carbons (Fsp3) is 0.500. The number of hydrogen-bond donors (Lipinski definition) is 9. The van der Waals surface area contributed by atoms with Crippen molar-refractivity contribution < 1.29 is 38.7 Å². The molecule has 4 rings (SSSR count). The van der Waals surface area contributed by atoms with Crippen LogP contribution in [0.5, 0.6) is 5.75 Å². The van der Waals surface area contributed by atoms with E-state index in [2.05, 4.69) is 37.2 Å². The number of rotatable bonds is 10. The second-order valence-electron chi connectivity index (χ2n) is 14.2. The molecule has 0 aliphatic carbocycles. The molecule has 7 amide bonds. The highest BCUT2D eigenvalue weighted by Crippen LogP contribution is 2.25. The molecule has 2 saturated heterocycles. The molecule has 0 radical (unpaired) electrons. The Balaban J connectivity index is 1.74. The molecule has 2 aromatic rings. The van der Waals surface area contributed by atoms with Gasteiger partial charge in [-0.1, -0.05) is 77.9 Å². The summed E-state index contributed by atoms with van der Waals surface area (Å²) in [6.07, 6.45) is 1.38. The summed E-state index contributed by atoms with van der Waals surface area (Å²) in [4.78, 5) is 95.9. The van der Waals surface area contributed by atoms with E-state index in [0.717, 1.165) is 0 Å². The monoisotopic (exact) mass is 812 g/mol. The van der Waals surface area contributed by atoms with Crippen LogP contribution in [0.15, 0.2) is 54.6 Å². The number of phenols is 1. The van der Waals surface area contributed by atoms with E-state index in [0.29, 0.717) is 30.5 Å². The summed E-state index contributed by atoms with van der Waals surface area (Å²) in [7, 11) is 2.59. The first-order valence-corrected chi connectivity index (χ1v) is 21.2. The van der Waals surface area contributed by atoms with Gasteiger partial charge in [-0.05, 0) is 61.4 Å². The maximum atomic E-state index is 14.2. The van der Waals surface area contributed by atoms with Crippen molar-refractivity contribution in [2.24, 2.45) is 11.7 Å². The molecule has 16 nitrogen and oxygen atoms in total. The van der Waals surface area contributed by atoms with E-state index >= 15 is 0 Å². The number of nitrogens with two attached hydrogens (primary N) is 1. The Labute approximate surface area is 334 Å². The third-order valence-electron chi connectivity index (χ3n) is 9.11. The third-order valence-corrected chi connectivity index (χ3v) is 11.5. The summed E-state index contributed by atoms with van der Waals surface area (Å²) in [5.41, 5.74) is 7.02. The molecule has 304 valence electrons. The molecule has 0 unspecified atom stereocenters. The van der Waals surface area contributed by atoms with Gasteiger partial charge in [-0.3, -0.25) is 33.6 Å². The Morgan fingerprint density at radius 3 is 1.75 bits per heavy atom. The van der Waals surface area contributed by atoms with Crippen LogP contribution in [0.25, 0.3) is 0 Å². The smallest absolute Gasteiger partial charge is 0.244 e. The largest absolute Gasteiger partial charge is 0.508 e. The molecule has 18 heteroatoms. The summed E-state index contributed by atoms with van der Waals surface area (Å²) in [5, 5.41) is 28.8. The average molecular weight is 813 g/mol. The van der Waals surface area contributed by atoms with Crippen molar-refractivity contribution in [2.45, 2.75) is 88.6 Å². The second kappa shape index (κ2) is 22.1. The Bertz CT molecular complexity index is 1680. The van der Waals surface area contributed by atoms with Crippen LogP contribution in [0.1, 0.15) is 50.7 Å². The van der Waals surface area contributed by atoms with Crippen LogP contribution < -0.4 is 43.0 Å². The average Bonchev–Trinajstić information content (AvgIpc) is 3.16. The lowest BCUT2D eigenvalue weighted by molar-refractivity contribution is -0.135. The minimum absolute atomic E-state index is 0.000699. The molecular weight excluding hydrogens is 761 g/mol. The summed E-state index contributed by atoms with van der Waals surface area (Å²) in [5.74, 6) is -4.32. The topological polar surface area (TPSA) is 250 Å². The molecule has 10 N–H and O–H groups in total. The molecule has 2 aromatic carbocycles. The fourth-order valence-electron chi connectivity index (χ4n) is 6.10. The molecule has 2 aliphatic heterocycles. The highest BCUT2D eigenvalue weighted by atomic mass is 33.1. The quantitative estimate of drug-likeness (QED) is 0.112. The first-order chi connectivity index (χ1) is 26.8. The minimum Gasteiger partial charge on any atom is -0.508 e. The predicted octanol–water partition coefficient (Wildman–Crippen LogP) is -0.214. The number of nitrogens with one attached hydrogen (secondary N) is 7. The summed E-state index contributed by atoms with van der Waals surface area (Å²) < 4.78 is 0. The fourth-order valence-corrected chi connectivity index (χ4v) is 8.42. The highest BCUT2D eigenvalue weighted by Gasteiger charge is 2.35. The Kier molecular flexibility index (Phi) is 17.3. The van der Waals surface area contributed by atoms with E-state index in [1.54, 1.807) is 42.5 Å². The molecule has 0 aromatic heterocycles. The zero-order chi connectivity index (χ0) is 40.6. The Hall–Kier alpha value is -4.81. The van der Waals surface area contributed by atoms with Crippen LogP contribution >= 0.6 is 21.6 Å². The van der Waals surface area contributed by atoms with Crippen LogP contribution in [-0.4, -0.2) is 107 Å². The van der Waals surface area contributed by atoms with Crippen LogP contribution in [0.3, 0.4) is 0 Å². The summed E-state index contributed by atoms with van der Waals surface area (Å²) >= 11 is 0. The van der Waals surface area contributed by atoms with Gasteiger partial charge in [-0.25, -0.2) is 0 Å². The van der Waals surface area contributed by atoms with Gasteiger partial charge in [0.2, 0.25) is 41.4 Å². The number of aromatic hydroxyl groups is 1. The van der Waals surface area contributed by atoms with E-state index in [4.69, 9.17) is 5.73 Å². The number of carbonyl (C=O) groups is 7. The van der Waals surface area contributed by atoms with Crippen molar-refractivity contribution in [3.05, 3.63) is 65.7 Å². The molecule has 0 saturated carbocycles. The second-order valence-corrected chi connectivity index (χ2v) is 16.7. The molecule has 2 aliphatic rings. The van der Waals surface area contributed by atoms with E-state index in [1.165, 1.54) is 33.7 Å². The molecule has 0 spiro atoms. The van der Waals surface area contributed by atoms with Gasteiger partial charge in [0.25, 0.3) is 0 Å². The number of carbonyl (C=O) groups excluding carboxylic acids is 7. The maximum Gasteiger partial charge on any atom is 0.244 e. The highest BCUT2D eigenvalue weighted by molar-refractivity contribution is 8.76. The van der Waals surface area contributed by atoms with Crippen molar-refractivity contribution in [2.75, 3.05) is 24.6 Å². The van der Waals surface area contributed by atoms with Gasteiger partial charge in [0.1, 0.15) is 42.0 Å². The number of unbranched alkanes of at least 4 members (excludes halogenated alkanes) is 1. The van der Waals surface area contributed by atoms with Crippen LogP contribution in [0.4, 0.5) is 0 Å². The van der Waals surface area contributed by atoms with Gasteiger partial charge in [-0.15, -0.1) is 0 Å². The van der Waals surface area contributed by atoms with E-state index in [-0.39, 0.29) is 48.9 Å². The van der Waals surface area contributed by atoms with Crippen LogP contribution in [0, 0.1) is 5.92 Å². The van der Waals surface area contributed by atoms with Crippen molar-refractivity contribution in [3.63, 3.8) is 0 Å². The first kappa shape index (κ1) is 43.9. The van der Waals surface area contributed by atoms with Gasteiger partial charge >= 0.3 is 0 Å². The maximum absolute atomic E-state index is 14.2. The van der Waals surface area contributed by atoms with Gasteiger partial charge < -0.3 is 48.1 Å². The molecular formula is C38H52N8O8S2. The zero-order valence-electron chi connectivity index (χ0n) is 31.5. The van der Waals surface area contributed by atoms with E-state index in [9.17, 15) is 38.7 Å². The number of benzene rings is 2. The van der Waals surface area contributed by atoms with Crippen molar-refractivity contribution in [1.82, 2.24) is 37.2 Å². The molecule has 2 bridgehead atoms. The Morgan fingerprint density at radius 2 is 1.14 bits per heavy atom. The number of fused-ring (bicyclic) bond motifs is 3. The third kappa shape index (κ3) is 14.0. The number of phenolic OH excluding ortho intramolecular Hbond substituents is 1. The van der Waals surface area contributed by atoms with E-state index in [1.807, 2.05) is 13.8 Å². The molecule has 2 fully saturated rings. The van der Waals surface area contributed by atoms with E-state index < -0.39 is 84.1 Å². The standard InChI is InChI=1S/C38H52N8O8S2/c1-22(2)16-27-33(49)40-19-32(48)41-30-20-55-56-21-31(46-37(30)53)38(54)45-28(17-23-8-4-3-5-9-23)36(52)44-29(18-24-11-13-25(47)14-12-24)35(51)42-26(34(50)43-27)10-6-7-15-39/h3-5,8-9,11-14,22,26-31,47H,6-7,10,15-21,39H2,1-2H3,(H,40,49)(H,41,48)(H,42,51)(H,43,50)(H,44,52)(H,45,54)(H,46,53)/t26-,27-,28-,29-,30-,31-/m0/s1. The number of amides is 7. The lowest BCUT2D eigenvalue weighted by Crippen LogP contribution is -2.61. The summed E-state index contributed by atoms with van der Waals surface area (Å²) in [6, 6.07) is 8.22. The number of hydrogen-bond acceptors (Lipinski definition) is 11. The van der Waals surface area contributed by atoms with Crippen molar-refractivity contribution >= 4 is 62.9 Å². The van der Waals surface area contributed by atoms with Crippen LogP contribution in [-0.2, 0) is 46.4 Å².